The van der Waals surface area contributed by atoms with Gasteiger partial charge in [0.05, 0.1) is 11.7 Å². The predicted molar refractivity (Wildman–Crippen MR) is 88.6 cm³/mol. The Morgan fingerprint density at radius 1 is 1.19 bits per heavy atom. The Morgan fingerprint density at radius 2 is 1.85 bits per heavy atom. The molecule has 4 aliphatic rings. The fourth-order valence-electron chi connectivity index (χ4n) is 6.60. The first-order valence-electron chi connectivity index (χ1n) is 9.19. The highest BCUT2D eigenvalue weighted by Crippen LogP contribution is 2.64. The molecule has 1 saturated heterocycles. The monoisotopic (exact) mass is 366 g/mol. The quantitative estimate of drug-likeness (QED) is 0.428. The SMILES string of the molecule is CC1=CC(=O)CC2[C@H]3C(O)[C@H](O)[C@](C)(O)C4C(O)C(=O)OC(C[C@@H]12)C43C. The van der Waals surface area contributed by atoms with Gasteiger partial charge in [0.1, 0.15) is 12.2 Å². The number of allylic oxidation sites excluding steroid dienone is 2. The molecule has 1 aliphatic heterocycles. The second-order valence-corrected chi connectivity index (χ2v) is 8.97. The number of carbonyl (C=O) groups excluding carboxylic acids is 2. The van der Waals surface area contributed by atoms with E-state index in [1.807, 2.05) is 6.92 Å². The minimum atomic E-state index is -1.86. The van der Waals surface area contributed by atoms with E-state index in [1.54, 1.807) is 13.0 Å². The van der Waals surface area contributed by atoms with Gasteiger partial charge in [0.25, 0.3) is 0 Å². The molecule has 0 spiro atoms. The predicted octanol–water partition coefficient (Wildman–Crippen LogP) is -0.447. The minimum Gasteiger partial charge on any atom is -0.460 e. The van der Waals surface area contributed by atoms with E-state index >= 15 is 0 Å². The van der Waals surface area contributed by atoms with Crippen molar-refractivity contribution in [2.75, 3.05) is 0 Å². The average molecular weight is 366 g/mol. The topological polar surface area (TPSA) is 124 Å². The van der Waals surface area contributed by atoms with Gasteiger partial charge in [-0.3, -0.25) is 4.79 Å². The number of rotatable bonds is 0. The van der Waals surface area contributed by atoms with Crippen LogP contribution in [-0.2, 0) is 14.3 Å². The number of carbonyl (C=O) groups is 2. The Bertz CT molecular complexity index is 698. The first kappa shape index (κ1) is 18.1. The van der Waals surface area contributed by atoms with E-state index in [4.69, 9.17) is 4.74 Å². The summed E-state index contributed by atoms with van der Waals surface area (Å²) in [6.07, 6.45) is -2.72. The van der Waals surface area contributed by atoms with Gasteiger partial charge in [0, 0.05) is 23.7 Å². The van der Waals surface area contributed by atoms with Crippen molar-refractivity contribution in [2.24, 2.45) is 29.1 Å². The number of esters is 1. The van der Waals surface area contributed by atoms with E-state index in [2.05, 4.69) is 0 Å². The maximum atomic E-state index is 12.3. The van der Waals surface area contributed by atoms with Crippen LogP contribution in [0.1, 0.15) is 33.6 Å². The zero-order valence-corrected chi connectivity index (χ0v) is 15.1. The number of ether oxygens (including phenoxy) is 1. The van der Waals surface area contributed by atoms with Crippen LogP contribution in [-0.4, -0.2) is 62.2 Å². The molecule has 144 valence electrons. The smallest absolute Gasteiger partial charge is 0.335 e. The number of aliphatic hydroxyl groups excluding tert-OH is 3. The lowest BCUT2D eigenvalue weighted by atomic mass is 9.42. The standard InChI is InChI=1S/C19H26O7/c1-7-4-8(20)5-10-9(7)6-11-18(2)12(10)13(21)16(23)19(3,25)15(18)14(22)17(24)26-11/h4,9-16,21-23,25H,5-6H2,1-3H3/t9-,10?,11?,12-,13?,14?,15?,16-,18?,19+/m0/s1. The molecule has 26 heavy (non-hydrogen) atoms. The van der Waals surface area contributed by atoms with Gasteiger partial charge in [-0.15, -0.1) is 0 Å². The van der Waals surface area contributed by atoms with Gasteiger partial charge in [-0.05, 0) is 38.2 Å². The Balaban J connectivity index is 1.90. The molecule has 0 bridgehead atoms. The van der Waals surface area contributed by atoms with Crippen molar-refractivity contribution in [3.8, 4) is 0 Å². The normalized spacial score (nSPS) is 56.2. The van der Waals surface area contributed by atoms with E-state index in [0.29, 0.717) is 6.42 Å². The molecule has 10 atom stereocenters. The molecular weight excluding hydrogens is 340 g/mol. The molecule has 2 saturated carbocycles. The van der Waals surface area contributed by atoms with Gasteiger partial charge in [-0.1, -0.05) is 12.5 Å². The van der Waals surface area contributed by atoms with Crippen molar-refractivity contribution >= 4 is 11.8 Å². The minimum absolute atomic E-state index is 0.0327. The Hall–Kier alpha value is -1.28. The maximum Gasteiger partial charge on any atom is 0.335 e. The molecule has 7 nitrogen and oxygen atoms in total. The number of hydrogen-bond acceptors (Lipinski definition) is 7. The molecule has 1 heterocycles. The third kappa shape index (κ3) is 2.03. The van der Waals surface area contributed by atoms with E-state index in [-0.39, 0.29) is 24.0 Å². The molecule has 0 aromatic rings. The van der Waals surface area contributed by atoms with E-state index in [0.717, 1.165) is 5.57 Å². The van der Waals surface area contributed by atoms with E-state index in [1.165, 1.54) is 6.92 Å². The highest BCUT2D eigenvalue weighted by molar-refractivity contribution is 5.91. The summed E-state index contributed by atoms with van der Waals surface area (Å²) in [4.78, 5) is 24.4. The summed E-state index contributed by atoms with van der Waals surface area (Å²) < 4.78 is 5.54. The Labute approximate surface area is 151 Å². The van der Waals surface area contributed by atoms with E-state index in [9.17, 15) is 30.0 Å². The summed E-state index contributed by atoms with van der Waals surface area (Å²) in [6.45, 7) is 4.99. The highest BCUT2D eigenvalue weighted by atomic mass is 16.6. The van der Waals surface area contributed by atoms with Crippen molar-refractivity contribution in [3.63, 3.8) is 0 Å². The van der Waals surface area contributed by atoms with Crippen LogP contribution in [0, 0.1) is 29.1 Å². The van der Waals surface area contributed by atoms with Crippen LogP contribution in [0.25, 0.3) is 0 Å². The van der Waals surface area contributed by atoms with Gasteiger partial charge >= 0.3 is 5.97 Å². The van der Waals surface area contributed by atoms with Gasteiger partial charge in [-0.2, -0.15) is 0 Å². The zero-order valence-electron chi connectivity index (χ0n) is 15.1. The first-order chi connectivity index (χ1) is 12.0. The molecule has 4 rings (SSSR count). The largest absolute Gasteiger partial charge is 0.460 e. The first-order valence-corrected chi connectivity index (χ1v) is 9.19. The Kier molecular flexibility index (Phi) is 3.74. The number of aliphatic hydroxyl groups is 4. The molecule has 3 fully saturated rings. The van der Waals surface area contributed by atoms with Crippen LogP contribution < -0.4 is 0 Å². The van der Waals surface area contributed by atoms with Crippen LogP contribution >= 0.6 is 0 Å². The van der Waals surface area contributed by atoms with Crippen LogP contribution in [0.2, 0.25) is 0 Å². The second kappa shape index (κ2) is 5.38. The average Bonchev–Trinajstić information content (AvgIpc) is 2.52. The van der Waals surface area contributed by atoms with Crippen molar-refractivity contribution in [2.45, 2.75) is 63.6 Å². The summed E-state index contributed by atoms with van der Waals surface area (Å²) in [6, 6.07) is 0. The third-order valence-corrected chi connectivity index (χ3v) is 7.67. The van der Waals surface area contributed by atoms with E-state index < -0.39 is 53.2 Å². The lowest BCUT2D eigenvalue weighted by molar-refractivity contribution is -0.317. The summed E-state index contributed by atoms with van der Waals surface area (Å²) in [5.41, 5.74) is -1.93. The molecular formula is C19H26O7. The van der Waals surface area contributed by atoms with Crippen LogP contribution in [0.5, 0.6) is 0 Å². The lowest BCUT2D eigenvalue weighted by Crippen LogP contribution is -2.77. The molecule has 0 aromatic heterocycles. The van der Waals surface area contributed by atoms with Gasteiger partial charge in [0.2, 0.25) is 0 Å². The number of ketones is 1. The van der Waals surface area contributed by atoms with Gasteiger partial charge in [-0.25, -0.2) is 4.79 Å². The second-order valence-electron chi connectivity index (χ2n) is 8.97. The van der Waals surface area contributed by atoms with Crippen LogP contribution in [0.4, 0.5) is 0 Å². The zero-order chi connectivity index (χ0) is 19.2. The van der Waals surface area contributed by atoms with Gasteiger partial charge < -0.3 is 25.2 Å². The van der Waals surface area contributed by atoms with Crippen molar-refractivity contribution in [1.82, 2.24) is 0 Å². The van der Waals surface area contributed by atoms with Crippen LogP contribution in [0.15, 0.2) is 11.6 Å². The molecule has 7 heteroatoms. The molecule has 6 unspecified atom stereocenters. The molecule has 4 N–H and O–H groups in total. The van der Waals surface area contributed by atoms with Crippen molar-refractivity contribution in [1.29, 1.82) is 0 Å². The molecule has 0 amide bonds. The van der Waals surface area contributed by atoms with Crippen molar-refractivity contribution in [3.05, 3.63) is 11.6 Å². The summed E-state index contributed by atoms with van der Waals surface area (Å²) in [5.74, 6) is -2.71. The summed E-state index contributed by atoms with van der Waals surface area (Å²) in [5, 5.41) is 43.1. The lowest BCUT2D eigenvalue weighted by Gasteiger charge is -2.67. The fourth-order valence-corrected chi connectivity index (χ4v) is 6.60. The maximum absolute atomic E-state index is 12.3. The van der Waals surface area contributed by atoms with Crippen LogP contribution in [0.3, 0.4) is 0 Å². The third-order valence-electron chi connectivity index (χ3n) is 7.67. The van der Waals surface area contributed by atoms with Gasteiger partial charge in [0.15, 0.2) is 11.9 Å². The molecule has 0 aromatic carbocycles. The fraction of sp³-hybridized carbons (Fsp3) is 0.789. The number of hydrogen-bond donors (Lipinski definition) is 4. The van der Waals surface area contributed by atoms with Crippen molar-refractivity contribution < 1.29 is 34.8 Å². The highest BCUT2D eigenvalue weighted by Gasteiger charge is 2.73. The summed E-state index contributed by atoms with van der Waals surface area (Å²) in [7, 11) is 0. The Morgan fingerprint density at radius 3 is 2.50 bits per heavy atom. The number of fused-ring (bicyclic) bond motifs is 2. The summed E-state index contributed by atoms with van der Waals surface area (Å²) >= 11 is 0. The molecule has 3 aliphatic carbocycles. The molecule has 0 radical (unpaired) electrons.